The van der Waals surface area contributed by atoms with Gasteiger partial charge in [0.25, 0.3) is 0 Å². The molecule has 2 fully saturated rings. The summed E-state index contributed by atoms with van der Waals surface area (Å²) in [5.41, 5.74) is 6.43. The number of rotatable bonds is 5. The average Bonchev–Trinajstić information content (AvgIpc) is 3.13. The number of hydrogen-bond acceptors (Lipinski definition) is 2. The second-order valence-electron chi connectivity index (χ2n) is 6.00. The first-order valence-electron chi connectivity index (χ1n) is 7.18. The molecular formula is C14H28N2. The zero-order valence-corrected chi connectivity index (χ0v) is 10.9. The van der Waals surface area contributed by atoms with Crippen LogP contribution in [0.15, 0.2) is 0 Å². The Morgan fingerprint density at radius 3 is 2.25 bits per heavy atom. The zero-order valence-electron chi connectivity index (χ0n) is 10.9. The van der Waals surface area contributed by atoms with E-state index in [1.54, 1.807) is 0 Å². The summed E-state index contributed by atoms with van der Waals surface area (Å²) < 4.78 is 0. The minimum atomic E-state index is 0.339. The molecule has 0 unspecified atom stereocenters. The van der Waals surface area contributed by atoms with Crippen LogP contribution in [0.4, 0.5) is 0 Å². The van der Waals surface area contributed by atoms with Gasteiger partial charge in [-0.05, 0) is 38.8 Å². The highest BCUT2D eigenvalue weighted by atomic mass is 15.2. The van der Waals surface area contributed by atoms with Crippen LogP contribution >= 0.6 is 0 Å². The normalized spacial score (nSPS) is 25.7. The molecule has 0 aromatic rings. The summed E-state index contributed by atoms with van der Waals surface area (Å²) in [6.07, 6.45) is 12.6. The van der Waals surface area contributed by atoms with E-state index >= 15 is 0 Å². The van der Waals surface area contributed by atoms with Gasteiger partial charge in [-0.2, -0.15) is 0 Å². The van der Waals surface area contributed by atoms with Gasteiger partial charge in [-0.3, -0.25) is 4.90 Å². The molecule has 2 saturated carbocycles. The molecular weight excluding hydrogens is 196 g/mol. The van der Waals surface area contributed by atoms with Gasteiger partial charge in [0.2, 0.25) is 0 Å². The van der Waals surface area contributed by atoms with E-state index in [2.05, 4.69) is 11.9 Å². The molecule has 2 N–H and O–H groups in total. The standard InChI is InChI=1S/C14H28N2/c1-16(11-8-13-6-7-13)14(12-15)9-4-2-3-5-10-14/h13H,2-12,15H2,1H3. The first-order chi connectivity index (χ1) is 7.77. The fourth-order valence-electron chi connectivity index (χ4n) is 3.15. The summed E-state index contributed by atoms with van der Waals surface area (Å²) in [4.78, 5) is 2.59. The van der Waals surface area contributed by atoms with Crippen molar-refractivity contribution in [1.29, 1.82) is 0 Å². The van der Waals surface area contributed by atoms with E-state index in [1.165, 1.54) is 64.3 Å². The largest absolute Gasteiger partial charge is 0.329 e. The lowest BCUT2D eigenvalue weighted by atomic mass is 9.88. The van der Waals surface area contributed by atoms with Crippen LogP contribution in [-0.4, -0.2) is 30.6 Å². The minimum absolute atomic E-state index is 0.339. The molecule has 0 saturated heterocycles. The molecule has 0 bridgehead atoms. The van der Waals surface area contributed by atoms with Crippen LogP contribution in [0.1, 0.15) is 57.8 Å². The Morgan fingerprint density at radius 2 is 1.75 bits per heavy atom. The lowest BCUT2D eigenvalue weighted by molar-refractivity contribution is 0.104. The summed E-state index contributed by atoms with van der Waals surface area (Å²) >= 11 is 0. The minimum Gasteiger partial charge on any atom is -0.329 e. The van der Waals surface area contributed by atoms with Gasteiger partial charge in [0.1, 0.15) is 0 Å². The van der Waals surface area contributed by atoms with Gasteiger partial charge in [0.15, 0.2) is 0 Å². The van der Waals surface area contributed by atoms with Crippen molar-refractivity contribution in [2.24, 2.45) is 11.7 Å². The number of nitrogens with two attached hydrogens (primary N) is 1. The van der Waals surface area contributed by atoms with Crippen molar-refractivity contribution in [2.75, 3.05) is 20.1 Å². The molecule has 0 aromatic carbocycles. The molecule has 2 nitrogen and oxygen atoms in total. The Morgan fingerprint density at radius 1 is 1.12 bits per heavy atom. The summed E-state index contributed by atoms with van der Waals surface area (Å²) in [6.45, 7) is 2.12. The fraction of sp³-hybridized carbons (Fsp3) is 1.00. The molecule has 2 aliphatic rings. The van der Waals surface area contributed by atoms with Crippen LogP contribution in [0, 0.1) is 5.92 Å². The van der Waals surface area contributed by atoms with E-state index in [9.17, 15) is 0 Å². The predicted octanol–water partition coefficient (Wildman–Crippen LogP) is 2.77. The van der Waals surface area contributed by atoms with Crippen LogP contribution in [-0.2, 0) is 0 Å². The van der Waals surface area contributed by atoms with Crippen molar-refractivity contribution in [1.82, 2.24) is 4.90 Å². The van der Waals surface area contributed by atoms with E-state index in [-0.39, 0.29) is 0 Å². The Kier molecular flexibility index (Phi) is 4.26. The van der Waals surface area contributed by atoms with Crippen molar-refractivity contribution in [3.8, 4) is 0 Å². The molecule has 0 heterocycles. The van der Waals surface area contributed by atoms with Crippen LogP contribution in [0.25, 0.3) is 0 Å². The van der Waals surface area contributed by atoms with Crippen LogP contribution in [0.3, 0.4) is 0 Å². The maximum absolute atomic E-state index is 6.09. The Bertz CT molecular complexity index is 203. The number of likely N-dealkylation sites (N-methyl/N-ethyl adjacent to an activating group) is 1. The molecule has 2 aliphatic carbocycles. The van der Waals surface area contributed by atoms with Crippen molar-refractivity contribution in [3.63, 3.8) is 0 Å². The fourth-order valence-corrected chi connectivity index (χ4v) is 3.15. The topological polar surface area (TPSA) is 29.3 Å². The SMILES string of the molecule is CN(CCC1CC1)C1(CN)CCCCCC1. The van der Waals surface area contributed by atoms with Crippen LogP contribution in [0.5, 0.6) is 0 Å². The molecule has 0 aromatic heterocycles. The molecule has 0 radical (unpaired) electrons. The molecule has 2 heteroatoms. The van der Waals surface area contributed by atoms with E-state index in [0.717, 1.165) is 12.5 Å². The lowest BCUT2D eigenvalue weighted by Crippen LogP contribution is -2.52. The third-order valence-corrected chi connectivity index (χ3v) is 4.79. The third kappa shape index (κ3) is 2.98. The van der Waals surface area contributed by atoms with Gasteiger partial charge in [-0.25, -0.2) is 0 Å². The molecule has 0 amide bonds. The predicted molar refractivity (Wildman–Crippen MR) is 69.5 cm³/mol. The van der Waals surface area contributed by atoms with E-state index in [0.29, 0.717) is 5.54 Å². The zero-order chi connectivity index (χ0) is 11.4. The lowest BCUT2D eigenvalue weighted by Gasteiger charge is -2.41. The Balaban J connectivity index is 1.88. The molecule has 94 valence electrons. The first-order valence-corrected chi connectivity index (χ1v) is 7.18. The van der Waals surface area contributed by atoms with E-state index < -0.39 is 0 Å². The summed E-state index contributed by atoms with van der Waals surface area (Å²) in [5, 5.41) is 0. The van der Waals surface area contributed by atoms with Crippen LogP contribution < -0.4 is 5.73 Å². The highest BCUT2D eigenvalue weighted by Crippen LogP contribution is 2.35. The van der Waals surface area contributed by atoms with E-state index in [1.807, 2.05) is 0 Å². The Hall–Kier alpha value is -0.0800. The average molecular weight is 224 g/mol. The van der Waals surface area contributed by atoms with Gasteiger partial charge in [-0.1, -0.05) is 38.5 Å². The molecule has 2 rings (SSSR count). The van der Waals surface area contributed by atoms with Gasteiger partial charge >= 0.3 is 0 Å². The van der Waals surface area contributed by atoms with Gasteiger partial charge in [0.05, 0.1) is 0 Å². The van der Waals surface area contributed by atoms with E-state index in [4.69, 9.17) is 5.73 Å². The maximum atomic E-state index is 6.09. The van der Waals surface area contributed by atoms with Gasteiger partial charge < -0.3 is 5.73 Å². The second kappa shape index (κ2) is 5.50. The highest BCUT2D eigenvalue weighted by Gasteiger charge is 2.34. The van der Waals surface area contributed by atoms with Crippen molar-refractivity contribution in [2.45, 2.75) is 63.3 Å². The monoisotopic (exact) mass is 224 g/mol. The maximum Gasteiger partial charge on any atom is 0.0328 e. The quantitative estimate of drug-likeness (QED) is 0.728. The summed E-state index contributed by atoms with van der Waals surface area (Å²) in [6, 6.07) is 0. The van der Waals surface area contributed by atoms with Gasteiger partial charge in [-0.15, -0.1) is 0 Å². The number of nitrogens with zero attached hydrogens (tertiary/aromatic N) is 1. The first kappa shape index (κ1) is 12.4. The summed E-state index contributed by atoms with van der Waals surface area (Å²) in [5.74, 6) is 1.04. The summed E-state index contributed by atoms with van der Waals surface area (Å²) in [7, 11) is 2.31. The van der Waals surface area contributed by atoms with Crippen LogP contribution in [0.2, 0.25) is 0 Å². The molecule has 0 spiro atoms. The third-order valence-electron chi connectivity index (χ3n) is 4.79. The highest BCUT2D eigenvalue weighted by molar-refractivity contribution is 4.92. The molecule has 0 atom stereocenters. The van der Waals surface area contributed by atoms with Crippen molar-refractivity contribution in [3.05, 3.63) is 0 Å². The molecule has 0 aliphatic heterocycles. The smallest absolute Gasteiger partial charge is 0.0328 e. The number of hydrogen-bond donors (Lipinski definition) is 1. The molecule has 16 heavy (non-hydrogen) atoms. The van der Waals surface area contributed by atoms with Crippen molar-refractivity contribution >= 4 is 0 Å². The van der Waals surface area contributed by atoms with Gasteiger partial charge in [0, 0.05) is 12.1 Å². The van der Waals surface area contributed by atoms with Crippen molar-refractivity contribution < 1.29 is 0 Å². The second-order valence-corrected chi connectivity index (χ2v) is 6.00. The Labute approximate surface area is 101 Å².